The molecule has 1 atom stereocenters. The average molecular weight is 424 g/mol. The van der Waals surface area contributed by atoms with Gasteiger partial charge in [0.05, 0.1) is 38.8 Å². The van der Waals surface area contributed by atoms with Crippen LogP contribution in [0.2, 0.25) is 0 Å². The molecule has 1 aliphatic rings. The monoisotopic (exact) mass is 423 g/mol. The van der Waals surface area contributed by atoms with Crippen molar-refractivity contribution >= 4 is 9.84 Å². The van der Waals surface area contributed by atoms with Gasteiger partial charge in [0.15, 0.2) is 11.5 Å². The summed E-state index contributed by atoms with van der Waals surface area (Å²) in [5.41, 5.74) is 1.92. The maximum Gasteiger partial charge on any atom is 0.227 e. The molecule has 0 bridgehead atoms. The topological polar surface area (TPSA) is 82.9 Å². The summed E-state index contributed by atoms with van der Waals surface area (Å²) in [6, 6.07) is 5.82. The summed E-state index contributed by atoms with van der Waals surface area (Å²) in [6.07, 6.45) is 4.80. The van der Waals surface area contributed by atoms with Gasteiger partial charge >= 0.3 is 0 Å². The van der Waals surface area contributed by atoms with Crippen molar-refractivity contribution in [3.05, 3.63) is 35.7 Å². The number of imidazole rings is 1. The zero-order chi connectivity index (χ0) is 21.0. The third-order valence-corrected chi connectivity index (χ3v) is 5.96. The minimum atomic E-state index is -3.42. The summed E-state index contributed by atoms with van der Waals surface area (Å²) in [5.74, 6) is 1.37. The van der Waals surface area contributed by atoms with Gasteiger partial charge in [0, 0.05) is 26.0 Å². The third-order valence-electron chi connectivity index (χ3n) is 4.98. The Bertz CT molecular complexity index is 936. The Balaban J connectivity index is 1.77. The molecule has 0 amide bonds. The first-order valence-corrected chi connectivity index (χ1v) is 11.5. The fourth-order valence-corrected chi connectivity index (χ4v) is 4.46. The summed E-state index contributed by atoms with van der Waals surface area (Å²) in [7, 11) is 1.79. The Morgan fingerprint density at radius 1 is 1.24 bits per heavy atom. The number of aromatic nitrogens is 2. The predicted molar refractivity (Wildman–Crippen MR) is 109 cm³/mol. The van der Waals surface area contributed by atoms with Gasteiger partial charge in [-0.05, 0) is 37.6 Å². The smallest absolute Gasteiger partial charge is 0.227 e. The van der Waals surface area contributed by atoms with Crippen molar-refractivity contribution in [2.75, 3.05) is 34.1 Å². The van der Waals surface area contributed by atoms with Crippen molar-refractivity contribution in [2.24, 2.45) is 0 Å². The van der Waals surface area contributed by atoms with Crippen LogP contribution in [0.25, 0.3) is 0 Å². The molecule has 2 aromatic rings. The van der Waals surface area contributed by atoms with E-state index in [2.05, 4.69) is 9.88 Å². The van der Waals surface area contributed by atoms with Crippen LogP contribution in [-0.2, 0) is 34.2 Å². The molecule has 1 aromatic heterocycles. The van der Waals surface area contributed by atoms with Gasteiger partial charge in [-0.3, -0.25) is 4.90 Å². The van der Waals surface area contributed by atoms with Gasteiger partial charge < -0.3 is 18.8 Å². The lowest BCUT2D eigenvalue weighted by molar-refractivity contribution is 0.0934. The van der Waals surface area contributed by atoms with Crippen molar-refractivity contribution in [1.29, 1.82) is 0 Å². The molecule has 3 rings (SSSR count). The highest BCUT2D eigenvalue weighted by atomic mass is 32.2. The van der Waals surface area contributed by atoms with Crippen LogP contribution in [0.4, 0.5) is 0 Å². The maximum absolute atomic E-state index is 12.2. The van der Waals surface area contributed by atoms with E-state index >= 15 is 0 Å². The van der Waals surface area contributed by atoms with E-state index in [1.54, 1.807) is 25.0 Å². The molecular weight excluding hydrogens is 394 g/mol. The third kappa shape index (κ3) is 5.29. The van der Waals surface area contributed by atoms with Gasteiger partial charge in [-0.25, -0.2) is 13.4 Å². The van der Waals surface area contributed by atoms with Gasteiger partial charge in [-0.15, -0.1) is 0 Å². The van der Waals surface area contributed by atoms with Crippen LogP contribution in [0.5, 0.6) is 11.5 Å². The molecule has 0 aliphatic carbocycles. The first-order valence-electron chi connectivity index (χ1n) is 9.57. The molecule has 9 heteroatoms. The second kappa shape index (κ2) is 9.15. The van der Waals surface area contributed by atoms with Gasteiger partial charge in [0.25, 0.3) is 0 Å². The molecule has 0 saturated carbocycles. The Labute approximate surface area is 172 Å². The largest absolute Gasteiger partial charge is 0.493 e. The quantitative estimate of drug-likeness (QED) is 0.611. The van der Waals surface area contributed by atoms with Crippen LogP contribution in [0.1, 0.15) is 24.1 Å². The molecule has 1 aromatic carbocycles. The Morgan fingerprint density at radius 2 is 2.00 bits per heavy atom. The van der Waals surface area contributed by atoms with E-state index in [0.29, 0.717) is 31.1 Å². The number of ether oxygens (including phenoxy) is 3. The molecule has 1 saturated heterocycles. The first kappa shape index (κ1) is 21.6. The summed E-state index contributed by atoms with van der Waals surface area (Å²) in [6.45, 7) is 2.45. The highest BCUT2D eigenvalue weighted by Gasteiger charge is 2.24. The molecule has 160 valence electrons. The van der Waals surface area contributed by atoms with E-state index < -0.39 is 9.84 Å². The van der Waals surface area contributed by atoms with Crippen LogP contribution in [0.15, 0.2) is 29.6 Å². The van der Waals surface area contributed by atoms with Gasteiger partial charge in [0.1, 0.15) is 0 Å². The summed E-state index contributed by atoms with van der Waals surface area (Å²) in [5, 5.41) is 0.0996. The summed E-state index contributed by atoms with van der Waals surface area (Å²) in [4.78, 5) is 6.30. The molecule has 1 fully saturated rings. The Kier molecular flexibility index (Phi) is 6.81. The van der Waals surface area contributed by atoms with Crippen LogP contribution in [0, 0.1) is 0 Å². The van der Waals surface area contributed by atoms with E-state index in [4.69, 9.17) is 14.2 Å². The minimum absolute atomic E-state index is 0.0274. The molecule has 0 unspecified atom stereocenters. The van der Waals surface area contributed by atoms with Crippen molar-refractivity contribution < 1.29 is 22.6 Å². The van der Waals surface area contributed by atoms with Crippen molar-refractivity contribution in [3.8, 4) is 11.5 Å². The lowest BCUT2D eigenvalue weighted by atomic mass is 10.2. The van der Waals surface area contributed by atoms with E-state index in [0.717, 1.165) is 30.7 Å². The van der Waals surface area contributed by atoms with Crippen LogP contribution < -0.4 is 9.47 Å². The van der Waals surface area contributed by atoms with Crippen LogP contribution in [-0.4, -0.2) is 63.1 Å². The highest BCUT2D eigenvalue weighted by molar-refractivity contribution is 7.90. The van der Waals surface area contributed by atoms with Gasteiger partial charge in [-0.2, -0.15) is 0 Å². The Morgan fingerprint density at radius 3 is 2.62 bits per heavy atom. The number of rotatable bonds is 9. The van der Waals surface area contributed by atoms with Gasteiger partial charge in [-0.1, -0.05) is 6.07 Å². The van der Waals surface area contributed by atoms with Crippen molar-refractivity contribution in [1.82, 2.24) is 14.5 Å². The molecule has 8 nitrogen and oxygen atoms in total. The SMILES string of the molecule is COc1ccc(CN(C)Cc2cnc(S(C)(=O)=O)n2C[C@H]2CCCO2)cc1OC. The first-order chi connectivity index (χ1) is 13.8. The molecule has 0 N–H and O–H groups in total. The molecule has 2 heterocycles. The Hall–Kier alpha value is -2.10. The number of sulfone groups is 1. The zero-order valence-corrected chi connectivity index (χ0v) is 18.2. The maximum atomic E-state index is 12.2. The van der Waals surface area contributed by atoms with Crippen LogP contribution >= 0.6 is 0 Å². The van der Waals surface area contributed by atoms with Crippen molar-refractivity contribution in [2.45, 2.75) is 43.7 Å². The number of methoxy groups -OCH3 is 2. The van der Waals surface area contributed by atoms with Gasteiger partial charge in [0.2, 0.25) is 15.0 Å². The summed E-state index contributed by atoms with van der Waals surface area (Å²) >= 11 is 0. The number of hydrogen-bond acceptors (Lipinski definition) is 7. The van der Waals surface area contributed by atoms with E-state index in [-0.39, 0.29) is 11.3 Å². The lowest BCUT2D eigenvalue weighted by Gasteiger charge is -2.20. The number of nitrogens with zero attached hydrogens (tertiary/aromatic N) is 3. The second-order valence-corrected chi connectivity index (χ2v) is 9.32. The second-order valence-electron chi connectivity index (χ2n) is 7.41. The standard InChI is InChI=1S/C20H29N3O5S/c1-22(12-15-7-8-18(26-2)19(10-15)27-3)13-16-11-21-20(29(4,24)25)23(16)14-17-6-5-9-28-17/h7-8,10-11,17H,5-6,9,12-14H2,1-4H3/t17-/m1/s1. The van der Waals surface area contributed by atoms with Crippen molar-refractivity contribution in [3.63, 3.8) is 0 Å². The van der Waals surface area contributed by atoms with E-state index in [1.807, 2.05) is 25.2 Å². The van der Waals surface area contributed by atoms with E-state index in [1.165, 1.54) is 6.26 Å². The fraction of sp³-hybridized carbons (Fsp3) is 0.550. The molecule has 1 aliphatic heterocycles. The molecule has 0 spiro atoms. The number of benzene rings is 1. The highest BCUT2D eigenvalue weighted by Crippen LogP contribution is 2.28. The van der Waals surface area contributed by atoms with Crippen LogP contribution in [0.3, 0.4) is 0 Å². The normalized spacial score (nSPS) is 17.1. The molecular formula is C20H29N3O5S. The average Bonchev–Trinajstić information content (AvgIpc) is 3.32. The number of hydrogen-bond donors (Lipinski definition) is 0. The molecule has 29 heavy (non-hydrogen) atoms. The lowest BCUT2D eigenvalue weighted by Crippen LogP contribution is -2.24. The summed E-state index contributed by atoms with van der Waals surface area (Å²) < 4.78 is 42.5. The fourth-order valence-electron chi connectivity index (χ4n) is 3.62. The predicted octanol–water partition coefficient (Wildman–Crippen LogP) is 2.11. The minimum Gasteiger partial charge on any atom is -0.493 e. The molecule has 0 radical (unpaired) electrons. The van der Waals surface area contributed by atoms with E-state index in [9.17, 15) is 8.42 Å². The zero-order valence-electron chi connectivity index (χ0n) is 17.4.